The first-order chi connectivity index (χ1) is 12.4. The fourth-order valence-electron chi connectivity index (χ4n) is 3.12. The molecule has 0 radical (unpaired) electrons. The summed E-state index contributed by atoms with van der Waals surface area (Å²) in [6.07, 6.45) is 0.126. The van der Waals surface area contributed by atoms with Crippen molar-refractivity contribution < 1.29 is 29.0 Å². The van der Waals surface area contributed by atoms with Gasteiger partial charge in [0.2, 0.25) is 11.8 Å². The number of aliphatic carboxylic acids is 1. The highest BCUT2D eigenvalue weighted by molar-refractivity contribution is 6.00. The predicted octanol–water partition coefficient (Wildman–Crippen LogP) is 1.04. The van der Waals surface area contributed by atoms with Crippen LogP contribution in [0.2, 0.25) is 0 Å². The minimum atomic E-state index is -0.896. The summed E-state index contributed by atoms with van der Waals surface area (Å²) in [5, 5.41) is 11.5. The summed E-state index contributed by atoms with van der Waals surface area (Å²) in [5.41, 5.74) is 0.675. The zero-order chi connectivity index (χ0) is 18.7. The van der Waals surface area contributed by atoms with Gasteiger partial charge in [0.1, 0.15) is 13.2 Å². The number of nitrogens with one attached hydrogen (secondary N) is 1. The lowest BCUT2D eigenvalue weighted by atomic mass is 10.1. The van der Waals surface area contributed by atoms with Crippen molar-refractivity contribution in [2.45, 2.75) is 19.8 Å². The maximum Gasteiger partial charge on any atom is 0.303 e. The Morgan fingerprint density at radius 2 is 2.04 bits per heavy atom. The lowest BCUT2D eigenvalue weighted by Crippen LogP contribution is -2.35. The van der Waals surface area contributed by atoms with E-state index in [1.54, 1.807) is 30.0 Å². The van der Waals surface area contributed by atoms with Crippen molar-refractivity contribution in [1.29, 1.82) is 0 Å². The average Bonchev–Trinajstić information content (AvgIpc) is 3.00. The van der Waals surface area contributed by atoms with E-state index in [0.29, 0.717) is 30.4 Å². The largest absolute Gasteiger partial charge is 0.486 e. The van der Waals surface area contributed by atoms with Crippen LogP contribution in [0.15, 0.2) is 18.2 Å². The Bertz CT molecular complexity index is 720. The number of hydrogen-bond acceptors (Lipinski definition) is 5. The van der Waals surface area contributed by atoms with E-state index in [9.17, 15) is 14.4 Å². The van der Waals surface area contributed by atoms with E-state index < -0.39 is 11.9 Å². The summed E-state index contributed by atoms with van der Waals surface area (Å²) in [6, 6.07) is 5.29. The van der Waals surface area contributed by atoms with Crippen LogP contribution in [0.4, 0.5) is 5.69 Å². The van der Waals surface area contributed by atoms with Gasteiger partial charge in [-0.2, -0.15) is 0 Å². The van der Waals surface area contributed by atoms with Crippen LogP contribution in [0.1, 0.15) is 19.8 Å². The monoisotopic (exact) mass is 362 g/mol. The lowest BCUT2D eigenvalue weighted by molar-refractivity contribution is -0.138. The molecule has 0 spiro atoms. The van der Waals surface area contributed by atoms with Gasteiger partial charge in [-0.25, -0.2) is 0 Å². The number of anilines is 1. The molecule has 1 fully saturated rings. The third-order valence-electron chi connectivity index (χ3n) is 4.48. The first-order valence-electron chi connectivity index (χ1n) is 8.63. The van der Waals surface area contributed by atoms with Gasteiger partial charge in [0.15, 0.2) is 11.5 Å². The average molecular weight is 362 g/mol. The number of carbonyl (C=O) groups is 3. The predicted molar refractivity (Wildman–Crippen MR) is 92.3 cm³/mol. The second-order valence-electron chi connectivity index (χ2n) is 6.68. The number of amides is 2. The second kappa shape index (κ2) is 7.63. The summed E-state index contributed by atoms with van der Waals surface area (Å²) in [4.78, 5) is 36.9. The molecular weight excluding hydrogens is 340 g/mol. The molecule has 0 aromatic heterocycles. The number of carbonyl (C=O) groups excluding carboxylic acids is 2. The molecule has 26 heavy (non-hydrogen) atoms. The molecule has 8 heteroatoms. The first kappa shape index (κ1) is 18.0. The Morgan fingerprint density at radius 3 is 2.77 bits per heavy atom. The number of carboxylic acid groups (broad SMARTS) is 1. The SMILES string of the molecule is CC(CNC(=O)C1CC(=O)N(c2ccc3c(c2)OCCO3)C1)CC(=O)O. The molecule has 1 saturated heterocycles. The highest BCUT2D eigenvalue weighted by Crippen LogP contribution is 2.35. The van der Waals surface area contributed by atoms with Crippen molar-refractivity contribution in [2.24, 2.45) is 11.8 Å². The Labute approximate surface area is 151 Å². The summed E-state index contributed by atoms with van der Waals surface area (Å²) in [5.74, 6) is -0.621. The van der Waals surface area contributed by atoms with Gasteiger partial charge in [0.05, 0.1) is 5.92 Å². The normalized spacial score (nSPS) is 20.0. The number of ether oxygens (including phenoxy) is 2. The third kappa shape index (κ3) is 4.07. The molecule has 2 atom stereocenters. The number of hydrogen-bond donors (Lipinski definition) is 2. The molecule has 2 aliphatic rings. The molecule has 0 saturated carbocycles. The van der Waals surface area contributed by atoms with Crippen LogP contribution >= 0.6 is 0 Å². The van der Waals surface area contributed by atoms with E-state index in [1.165, 1.54) is 0 Å². The summed E-state index contributed by atoms with van der Waals surface area (Å²) in [7, 11) is 0. The molecule has 2 aliphatic heterocycles. The fraction of sp³-hybridized carbons (Fsp3) is 0.500. The lowest BCUT2D eigenvalue weighted by Gasteiger charge is -2.22. The van der Waals surface area contributed by atoms with E-state index >= 15 is 0 Å². The van der Waals surface area contributed by atoms with Crippen molar-refractivity contribution >= 4 is 23.5 Å². The molecule has 0 bridgehead atoms. The van der Waals surface area contributed by atoms with Gasteiger partial charge in [0, 0.05) is 37.7 Å². The van der Waals surface area contributed by atoms with Crippen molar-refractivity contribution in [3.63, 3.8) is 0 Å². The number of carboxylic acids is 1. The van der Waals surface area contributed by atoms with Gasteiger partial charge in [-0.3, -0.25) is 14.4 Å². The van der Waals surface area contributed by atoms with Gasteiger partial charge in [-0.15, -0.1) is 0 Å². The fourth-order valence-corrected chi connectivity index (χ4v) is 3.12. The maximum atomic E-state index is 12.3. The standard InChI is InChI=1S/C18H22N2O6/c1-11(6-17(22)23)9-19-18(24)12-7-16(21)20(10-12)13-2-3-14-15(8-13)26-5-4-25-14/h2-3,8,11-12H,4-7,9-10H2,1H3,(H,19,24)(H,22,23). The molecule has 3 rings (SSSR count). The van der Waals surface area contributed by atoms with Crippen LogP contribution in [0, 0.1) is 11.8 Å². The van der Waals surface area contributed by atoms with Crippen molar-refractivity contribution in [2.75, 3.05) is 31.2 Å². The van der Waals surface area contributed by atoms with Crippen molar-refractivity contribution in [1.82, 2.24) is 5.32 Å². The van der Waals surface area contributed by atoms with E-state index in [1.807, 2.05) is 0 Å². The van der Waals surface area contributed by atoms with Gasteiger partial charge in [-0.1, -0.05) is 6.92 Å². The molecule has 140 valence electrons. The number of rotatable bonds is 6. The van der Waals surface area contributed by atoms with Crippen LogP contribution in [-0.2, 0) is 14.4 Å². The minimum Gasteiger partial charge on any atom is -0.486 e. The molecule has 8 nitrogen and oxygen atoms in total. The topological polar surface area (TPSA) is 105 Å². The molecule has 1 aromatic rings. The number of fused-ring (bicyclic) bond motifs is 1. The summed E-state index contributed by atoms with van der Waals surface area (Å²) >= 11 is 0. The van der Waals surface area contributed by atoms with Gasteiger partial charge in [0.25, 0.3) is 0 Å². The molecular formula is C18H22N2O6. The highest BCUT2D eigenvalue weighted by atomic mass is 16.6. The minimum absolute atomic E-state index is 0.00675. The third-order valence-corrected chi connectivity index (χ3v) is 4.48. The van der Waals surface area contributed by atoms with Gasteiger partial charge >= 0.3 is 5.97 Å². The molecule has 0 aliphatic carbocycles. The zero-order valence-electron chi connectivity index (χ0n) is 14.6. The van der Waals surface area contributed by atoms with Crippen molar-refractivity contribution in [3.05, 3.63) is 18.2 Å². The quantitative estimate of drug-likeness (QED) is 0.783. The van der Waals surface area contributed by atoms with E-state index in [2.05, 4.69) is 5.32 Å². The van der Waals surface area contributed by atoms with Crippen LogP contribution in [-0.4, -0.2) is 49.2 Å². The number of benzene rings is 1. The Balaban J connectivity index is 1.60. The van der Waals surface area contributed by atoms with E-state index in [-0.39, 0.29) is 43.7 Å². The van der Waals surface area contributed by atoms with Gasteiger partial charge < -0.3 is 24.8 Å². The smallest absolute Gasteiger partial charge is 0.303 e. The maximum absolute atomic E-state index is 12.3. The van der Waals surface area contributed by atoms with E-state index in [4.69, 9.17) is 14.6 Å². The first-order valence-corrected chi connectivity index (χ1v) is 8.63. The molecule has 2 N–H and O–H groups in total. The Kier molecular flexibility index (Phi) is 5.29. The molecule has 2 amide bonds. The van der Waals surface area contributed by atoms with Crippen LogP contribution in [0.25, 0.3) is 0 Å². The van der Waals surface area contributed by atoms with E-state index in [0.717, 1.165) is 0 Å². The molecule has 2 heterocycles. The Morgan fingerprint density at radius 1 is 1.31 bits per heavy atom. The molecule has 2 unspecified atom stereocenters. The van der Waals surface area contributed by atoms with Crippen LogP contribution in [0.5, 0.6) is 11.5 Å². The number of nitrogens with zero attached hydrogens (tertiary/aromatic N) is 1. The van der Waals surface area contributed by atoms with Crippen LogP contribution < -0.4 is 19.7 Å². The highest BCUT2D eigenvalue weighted by Gasteiger charge is 2.35. The second-order valence-corrected chi connectivity index (χ2v) is 6.68. The zero-order valence-corrected chi connectivity index (χ0v) is 14.6. The summed E-state index contributed by atoms with van der Waals surface area (Å²) in [6.45, 7) is 3.29. The summed E-state index contributed by atoms with van der Waals surface area (Å²) < 4.78 is 11.0. The van der Waals surface area contributed by atoms with Crippen molar-refractivity contribution in [3.8, 4) is 11.5 Å². The van der Waals surface area contributed by atoms with Gasteiger partial charge in [-0.05, 0) is 18.1 Å². The molecule has 1 aromatic carbocycles. The van der Waals surface area contributed by atoms with Crippen LogP contribution in [0.3, 0.4) is 0 Å². The Hall–Kier alpha value is -2.77.